The highest BCUT2D eigenvalue weighted by molar-refractivity contribution is 5.81. The van der Waals surface area contributed by atoms with Crippen LogP contribution in [0.15, 0.2) is 101 Å². The number of rotatable bonds is 6. The standard InChI is InChI=1S/C22H22F4N2O3.C9H7NO/c1-20(2,17-11-15(23)7-8-18(17)29)12-21(31,22(24,25)26)13-27-28-10-9-14-5-3-4-6-16(14)19(28)30;11-9-8-4-2-1-3-7(8)5-6-10-9/h3-11,27,29,31H,12-13H2,1-2H3;1-6H,(H,10,11). The molecule has 220 valence electrons. The summed E-state index contributed by atoms with van der Waals surface area (Å²) in [4.78, 5) is 26.3. The summed E-state index contributed by atoms with van der Waals surface area (Å²) in [5.41, 5.74) is -3.04. The Morgan fingerprint density at radius 1 is 0.881 bits per heavy atom. The molecule has 0 aliphatic carbocycles. The number of halogens is 4. The predicted molar refractivity (Wildman–Crippen MR) is 154 cm³/mol. The fourth-order valence-electron chi connectivity index (χ4n) is 4.80. The average molecular weight is 584 g/mol. The van der Waals surface area contributed by atoms with E-state index in [4.69, 9.17) is 0 Å². The fourth-order valence-corrected chi connectivity index (χ4v) is 4.80. The molecule has 4 N–H and O–H groups in total. The maximum Gasteiger partial charge on any atom is 0.419 e. The largest absolute Gasteiger partial charge is 0.508 e. The number of phenolic OH excluding ortho intramolecular Hbond substituents is 1. The normalized spacial score (nSPS) is 13.3. The number of aromatic hydroxyl groups is 1. The number of aromatic amines is 1. The van der Waals surface area contributed by atoms with Gasteiger partial charge in [0.05, 0.1) is 6.54 Å². The molecule has 0 spiro atoms. The zero-order valence-electron chi connectivity index (χ0n) is 22.7. The molecule has 1 unspecified atom stereocenters. The Hall–Kier alpha value is -4.64. The van der Waals surface area contributed by atoms with Gasteiger partial charge in [0.15, 0.2) is 5.60 Å². The second kappa shape index (κ2) is 11.7. The molecule has 0 saturated carbocycles. The number of hydrogen-bond acceptors (Lipinski definition) is 5. The van der Waals surface area contributed by atoms with Gasteiger partial charge in [0.1, 0.15) is 11.6 Å². The molecule has 0 amide bonds. The monoisotopic (exact) mass is 583 g/mol. The first kappa shape index (κ1) is 30.3. The highest BCUT2D eigenvalue weighted by Gasteiger charge is 2.56. The summed E-state index contributed by atoms with van der Waals surface area (Å²) in [5, 5.41) is 23.3. The summed E-state index contributed by atoms with van der Waals surface area (Å²) in [6.07, 6.45) is -3.02. The van der Waals surface area contributed by atoms with Crippen LogP contribution in [0.3, 0.4) is 0 Å². The van der Waals surface area contributed by atoms with E-state index in [9.17, 15) is 37.4 Å². The zero-order valence-corrected chi connectivity index (χ0v) is 22.7. The molecule has 0 bridgehead atoms. The number of hydrogen-bond donors (Lipinski definition) is 4. The van der Waals surface area contributed by atoms with E-state index in [0.717, 1.165) is 33.6 Å². The molecular formula is C31H29F4N3O4. The van der Waals surface area contributed by atoms with E-state index in [1.807, 2.05) is 30.3 Å². The number of benzene rings is 3. The first-order chi connectivity index (χ1) is 19.7. The lowest BCUT2D eigenvalue weighted by Crippen LogP contribution is -2.55. The van der Waals surface area contributed by atoms with E-state index in [1.54, 1.807) is 36.5 Å². The van der Waals surface area contributed by atoms with Gasteiger partial charge >= 0.3 is 6.18 Å². The molecule has 0 radical (unpaired) electrons. The summed E-state index contributed by atoms with van der Waals surface area (Å²) in [6.45, 7) is 1.69. The van der Waals surface area contributed by atoms with Crippen LogP contribution in [-0.2, 0) is 5.41 Å². The predicted octanol–water partition coefficient (Wildman–Crippen LogP) is 5.58. The number of aromatic nitrogens is 2. The molecule has 3 aromatic carbocycles. The van der Waals surface area contributed by atoms with Gasteiger partial charge in [0.25, 0.3) is 11.1 Å². The quantitative estimate of drug-likeness (QED) is 0.195. The second-order valence-electron chi connectivity index (χ2n) is 10.6. The van der Waals surface area contributed by atoms with E-state index in [-0.39, 0.29) is 16.9 Å². The van der Waals surface area contributed by atoms with Crippen molar-refractivity contribution in [2.45, 2.75) is 37.5 Å². The summed E-state index contributed by atoms with van der Waals surface area (Å²) >= 11 is 0. The van der Waals surface area contributed by atoms with Crippen molar-refractivity contribution in [1.82, 2.24) is 9.66 Å². The van der Waals surface area contributed by atoms with Crippen molar-refractivity contribution >= 4 is 21.5 Å². The van der Waals surface area contributed by atoms with Gasteiger partial charge in [-0.3, -0.25) is 9.59 Å². The SMILES string of the molecule is CC(C)(CC(O)(CNn1ccc2ccccc2c1=O)C(F)(F)F)c1cc(F)ccc1O.O=c1[nH]ccc2ccccc12. The maximum absolute atomic E-state index is 13.9. The third-order valence-electron chi connectivity index (χ3n) is 6.99. The number of H-pyrrole nitrogens is 1. The third kappa shape index (κ3) is 6.46. The highest BCUT2D eigenvalue weighted by atomic mass is 19.4. The van der Waals surface area contributed by atoms with E-state index in [1.165, 1.54) is 20.0 Å². The van der Waals surface area contributed by atoms with Crippen molar-refractivity contribution < 1.29 is 27.8 Å². The number of fused-ring (bicyclic) bond motifs is 2. The number of pyridine rings is 2. The second-order valence-corrected chi connectivity index (χ2v) is 10.6. The van der Waals surface area contributed by atoms with Gasteiger partial charge in [0.2, 0.25) is 0 Å². The van der Waals surface area contributed by atoms with Crippen molar-refractivity contribution in [2.24, 2.45) is 0 Å². The van der Waals surface area contributed by atoms with Crippen LogP contribution in [0.4, 0.5) is 17.6 Å². The van der Waals surface area contributed by atoms with Crippen molar-refractivity contribution in [3.8, 4) is 5.75 Å². The van der Waals surface area contributed by atoms with E-state index in [2.05, 4.69) is 10.4 Å². The van der Waals surface area contributed by atoms with Crippen molar-refractivity contribution in [3.05, 3.63) is 123 Å². The topological polar surface area (TPSA) is 107 Å². The first-order valence-electron chi connectivity index (χ1n) is 12.9. The number of nitrogens with zero attached hydrogens (tertiary/aromatic N) is 1. The number of alkyl halides is 3. The summed E-state index contributed by atoms with van der Waals surface area (Å²) in [5.74, 6) is -1.10. The summed E-state index contributed by atoms with van der Waals surface area (Å²) in [7, 11) is 0. The van der Waals surface area contributed by atoms with Gasteiger partial charge in [-0.05, 0) is 65.1 Å². The minimum absolute atomic E-state index is 0.0249. The van der Waals surface area contributed by atoms with Gasteiger partial charge in [-0.15, -0.1) is 0 Å². The molecule has 0 saturated heterocycles. The highest BCUT2D eigenvalue weighted by Crippen LogP contribution is 2.43. The van der Waals surface area contributed by atoms with E-state index >= 15 is 0 Å². The van der Waals surface area contributed by atoms with Crippen molar-refractivity contribution in [3.63, 3.8) is 0 Å². The molecule has 11 heteroatoms. The molecule has 5 rings (SSSR count). The number of aliphatic hydroxyl groups is 1. The molecule has 7 nitrogen and oxygen atoms in total. The summed E-state index contributed by atoms with van der Waals surface area (Å²) < 4.78 is 56.1. The van der Waals surface area contributed by atoms with Crippen LogP contribution in [0.5, 0.6) is 5.75 Å². The van der Waals surface area contributed by atoms with Crippen LogP contribution in [0.25, 0.3) is 21.5 Å². The molecule has 5 aromatic rings. The Kier molecular flexibility index (Phi) is 8.44. The van der Waals surface area contributed by atoms with Crippen molar-refractivity contribution in [2.75, 3.05) is 12.0 Å². The first-order valence-corrected chi connectivity index (χ1v) is 12.9. The molecule has 0 fully saturated rings. The lowest BCUT2D eigenvalue weighted by atomic mass is 9.74. The van der Waals surface area contributed by atoms with Gasteiger partial charge in [0, 0.05) is 28.7 Å². The smallest absolute Gasteiger partial charge is 0.419 e. The minimum atomic E-state index is -5.07. The Morgan fingerprint density at radius 3 is 2.14 bits per heavy atom. The molecular weight excluding hydrogens is 554 g/mol. The van der Waals surface area contributed by atoms with Gasteiger partial charge in [-0.25, -0.2) is 9.07 Å². The maximum atomic E-state index is 13.9. The van der Waals surface area contributed by atoms with Gasteiger partial charge in [-0.1, -0.05) is 50.2 Å². The Morgan fingerprint density at radius 2 is 1.50 bits per heavy atom. The van der Waals surface area contributed by atoms with Crippen LogP contribution in [-0.4, -0.2) is 38.2 Å². The molecule has 42 heavy (non-hydrogen) atoms. The fraction of sp³-hybridized carbons (Fsp3) is 0.226. The van der Waals surface area contributed by atoms with Gasteiger partial charge < -0.3 is 20.6 Å². The lowest BCUT2D eigenvalue weighted by Gasteiger charge is -2.38. The van der Waals surface area contributed by atoms with Crippen LogP contribution < -0.4 is 16.5 Å². The summed E-state index contributed by atoms with van der Waals surface area (Å²) in [6, 6.07) is 20.5. The third-order valence-corrected chi connectivity index (χ3v) is 6.99. The van der Waals surface area contributed by atoms with Gasteiger partial charge in [-0.2, -0.15) is 13.2 Å². The molecule has 1 atom stereocenters. The van der Waals surface area contributed by atoms with Crippen molar-refractivity contribution in [1.29, 1.82) is 0 Å². The molecule has 2 aromatic heterocycles. The van der Waals surface area contributed by atoms with E-state index < -0.39 is 41.5 Å². The Labute approximate surface area is 237 Å². The minimum Gasteiger partial charge on any atom is -0.508 e. The van der Waals surface area contributed by atoms with E-state index in [0.29, 0.717) is 10.8 Å². The van der Waals surface area contributed by atoms with Crippen LogP contribution in [0.2, 0.25) is 0 Å². The Bertz CT molecular complexity index is 1830. The van der Waals surface area contributed by atoms with Crippen LogP contribution >= 0.6 is 0 Å². The Balaban J connectivity index is 0.000000305. The molecule has 0 aliphatic rings. The van der Waals surface area contributed by atoms with Crippen LogP contribution in [0, 0.1) is 5.82 Å². The van der Waals surface area contributed by atoms with Crippen LogP contribution in [0.1, 0.15) is 25.8 Å². The molecule has 2 heterocycles. The number of phenols is 1. The number of nitrogens with one attached hydrogen (secondary N) is 2. The lowest BCUT2D eigenvalue weighted by molar-refractivity contribution is -0.261. The average Bonchev–Trinajstić information content (AvgIpc) is 2.94. The molecule has 0 aliphatic heterocycles. The zero-order chi connectivity index (χ0) is 30.7.